The van der Waals surface area contributed by atoms with Crippen molar-refractivity contribution in [1.29, 1.82) is 0 Å². The van der Waals surface area contributed by atoms with Gasteiger partial charge in [-0.15, -0.1) is 0 Å². The van der Waals surface area contributed by atoms with E-state index in [0.717, 1.165) is 25.9 Å². The van der Waals surface area contributed by atoms with Gasteiger partial charge < -0.3 is 4.90 Å². The summed E-state index contributed by atoms with van der Waals surface area (Å²) < 4.78 is 0. The summed E-state index contributed by atoms with van der Waals surface area (Å²) in [5.74, 6) is -0.0154. The fourth-order valence-electron chi connectivity index (χ4n) is 2.31. The van der Waals surface area contributed by atoms with Crippen molar-refractivity contribution >= 4 is 17.7 Å². The molecule has 1 aliphatic rings. The van der Waals surface area contributed by atoms with E-state index in [4.69, 9.17) is 0 Å². The third-order valence-electron chi connectivity index (χ3n) is 3.42. The van der Waals surface area contributed by atoms with Crippen molar-refractivity contribution in [1.82, 2.24) is 4.90 Å². The standard InChI is InChI=1S/C15H18N2O3/c18-15(16-10-3-1-2-4-11-16)9-8-13-6-5-7-14(12-13)17(19)20/h5-9,12H,1-4,10-11H2/b9-8+. The molecule has 1 aromatic rings. The molecular weight excluding hydrogens is 256 g/mol. The number of likely N-dealkylation sites (tertiary alicyclic amines) is 1. The third kappa shape index (κ3) is 3.91. The van der Waals surface area contributed by atoms with Gasteiger partial charge in [-0.3, -0.25) is 14.9 Å². The summed E-state index contributed by atoms with van der Waals surface area (Å²) in [5, 5.41) is 10.7. The van der Waals surface area contributed by atoms with Crippen LogP contribution in [0.25, 0.3) is 6.08 Å². The van der Waals surface area contributed by atoms with Gasteiger partial charge in [0, 0.05) is 31.3 Å². The number of hydrogen-bond acceptors (Lipinski definition) is 3. The van der Waals surface area contributed by atoms with Crippen LogP contribution in [-0.4, -0.2) is 28.8 Å². The first-order chi connectivity index (χ1) is 9.66. The Bertz CT molecular complexity index is 518. The number of nitro groups is 1. The zero-order valence-corrected chi connectivity index (χ0v) is 11.3. The number of benzene rings is 1. The SMILES string of the molecule is O=C(/C=C/c1cccc([N+](=O)[O-])c1)N1CCCCCC1. The third-order valence-corrected chi connectivity index (χ3v) is 3.42. The molecule has 0 atom stereocenters. The summed E-state index contributed by atoms with van der Waals surface area (Å²) in [6, 6.07) is 6.27. The molecule has 1 aliphatic heterocycles. The molecular formula is C15H18N2O3. The van der Waals surface area contributed by atoms with Crippen LogP contribution in [0.4, 0.5) is 5.69 Å². The number of rotatable bonds is 3. The normalized spacial score (nSPS) is 16.1. The highest BCUT2D eigenvalue weighted by atomic mass is 16.6. The highest BCUT2D eigenvalue weighted by Gasteiger charge is 2.12. The van der Waals surface area contributed by atoms with E-state index in [1.54, 1.807) is 18.2 Å². The lowest BCUT2D eigenvalue weighted by Crippen LogP contribution is -2.30. The summed E-state index contributed by atoms with van der Waals surface area (Å²) in [5.41, 5.74) is 0.705. The molecule has 0 aliphatic carbocycles. The van der Waals surface area contributed by atoms with Crippen LogP contribution >= 0.6 is 0 Å². The summed E-state index contributed by atoms with van der Waals surface area (Å²) in [6.07, 6.45) is 7.61. The number of nitrogens with zero attached hydrogens (tertiary/aromatic N) is 2. The first kappa shape index (κ1) is 14.2. The molecule has 0 bridgehead atoms. The Morgan fingerprint density at radius 2 is 1.90 bits per heavy atom. The maximum atomic E-state index is 12.0. The molecule has 1 saturated heterocycles. The largest absolute Gasteiger partial charge is 0.339 e. The van der Waals surface area contributed by atoms with E-state index < -0.39 is 4.92 Å². The van der Waals surface area contributed by atoms with Crippen LogP contribution in [0.2, 0.25) is 0 Å². The molecule has 1 aromatic carbocycles. The molecule has 0 aromatic heterocycles. The monoisotopic (exact) mass is 274 g/mol. The summed E-state index contributed by atoms with van der Waals surface area (Å²) in [4.78, 5) is 24.1. The van der Waals surface area contributed by atoms with Crippen molar-refractivity contribution in [2.24, 2.45) is 0 Å². The Morgan fingerprint density at radius 1 is 1.20 bits per heavy atom. The topological polar surface area (TPSA) is 63.4 Å². The smallest absolute Gasteiger partial charge is 0.270 e. The summed E-state index contributed by atoms with van der Waals surface area (Å²) >= 11 is 0. The number of non-ortho nitro benzene ring substituents is 1. The van der Waals surface area contributed by atoms with E-state index in [1.165, 1.54) is 31.1 Å². The van der Waals surface area contributed by atoms with Crippen molar-refractivity contribution in [3.63, 3.8) is 0 Å². The van der Waals surface area contributed by atoms with Crippen LogP contribution in [-0.2, 0) is 4.79 Å². The maximum Gasteiger partial charge on any atom is 0.270 e. The zero-order valence-electron chi connectivity index (χ0n) is 11.3. The van der Waals surface area contributed by atoms with Crippen molar-refractivity contribution < 1.29 is 9.72 Å². The van der Waals surface area contributed by atoms with Crippen molar-refractivity contribution in [3.8, 4) is 0 Å². The average molecular weight is 274 g/mol. The van der Waals surface area contributed by atoms with Gasteiger partial charge in [0.25, 0.3) is 5.69 Å². The van der Waals surface area contributed by atoms with E-state index in [2.05, 4.69) is 0 Å². The van der Waals surface area contributed by atoms with Gasteiger partial charge in [0.1, 0.15) is 0 Å². The Kier molecular flexibility index (Phi) is 4.87. The molecule has 20 heavy (non-hydrogen) atoms. The molecule has 0 spiro atoms. The van der Waals surface area contributed by atoms with Gasteiger partial charge in [0.15, 0.2) is 0 Å². The van der Waals surface area contributed by atoms with Crippen LogP contribution in [0.15, 0.2) is 30.3 Å². The number of carbonyl (C=O) groups excluding carboxylic acids is 1. The Hall–Kier alpha value is -2.17. The lowest BCUT2D eigenvalue weighted by Gasteiger charge is -2.17. The van der Waals surface area contributed by atoms with E-state index in [1.807, 2.05) is 4.90 Å². The quantitative estimate of drug-likeness (QED) is 0.483. The second kappa shape index (κ2) is 6.84. The number of hydrogen-bond donors (Lipinski definition) is 0. The van der Waals surface area contributed by atoms with E-state index >= 15 is 0 Å². The first-order valence-corrected chi connectivity index (χ1v) is 6.88. The Labute approximate surface area is 118 Å². The lowest BCUT2D eigenvalue weighted by atomic mass is 10.2. The number of nitro benzene ring substituents is 1. The average Bonchev–Trinajstić information content (AvgIpc) is 2.74. The van der Waals surface area contributed by atoms with Gasteiger partial charge in [-0.25, -0.2) is 0 Å². The predicted octanol–water partition coefficient (Wildman–Crippen LogP) is 3.01. The molecule has 0 unspecified atom stereocenters. The minimum atomic E-state index is -0.437. The van der Waals surface area contributed by atoms with Gasteiger partial charge in [-0.2, -0.15) is 0 Å². The highest BCUT2D eigenvalue weighted by molar-refractivity contribution is 5.91. The minimum Gasteiger partial charge on any atom is -0.339 e. The van der Waals surface area contributed by atoms with Crippen LogP contribution < -0.4 is 0 Å². The second-order valence-corrected chi connectivity index (χ2v) is 4.92. The van der Waals surface area contributed by atoms with Crippen LogP contribution in [0.3, 0.4) is 0 Å². The zero-order chi connectivity index (χ0) is 14.4. The van der Waals surface area contributed by atoms with Crippen molar-refractivity contribution in [3.05, 3.63) is 46.0 Å². The molecule has 1 fully saturated rings. The molecule has 0 N–H and O–H groups in total. The molecule has 1 amide bonds. The fourth-order valence-corrected chi connectivity index (χ4v) is 2.31. The molecule has 2 rings (SSSR count). The molecule has 106 valence electrons. The molecule has 5 nitrogen and oxygen atoms in total. The van der Waals surface area contributed by atoms with E-state index in [9.17, 15) is 14.9 Å². The fraction of sp³-hybridized carbons (Fsp3) is 0.400. The number of carbonyl (C=O) groups is 1. The van der Waals surface area contributed by atoms with Gasteiger partial charge in [-0.1, -0.05) is 25.0 Å². The van der Waals surface area contributed by atoms with Crippen molar-refractivity contribution in [2.75, 3.05) is 13.1 Å². The van der Waals surface area contributed by atoms with Gasteiger partial charge in [0.05, 0.1) is 4.92 Å². The molecule has 5 heteroatoms. The summed E-state index contributed by atoms with van der Waals surface area (Å²) in [7, 11) is 0. The van der Waals surface area contributed by atoms with Crippen molar-refractivity contribution in [2.45, 2.75) is 25.7 Å². The van der Waals surface area contributed by atoms with Crippen LogP contribution in [0.5, 0.6) is 0 Å². The summed E-state index contributed by atoms with van der Waals surface area (Å²) in [6.45, 7) is 1.61. The van der Waals surface area contributed by atoms with E-state index in [0.29, 0.717) is 5.56 Å². The molecule has 1 heterocycles. The highest BCUT2D eigenvalue weighted by Crippen LogP contribution is 2.15. The lowest BCUT2D eigenvalue weighted by molar-refractivity contribution is -0.384. The maximum absolute atomic E-state index is 12.0. The van der Waals surface area contributed by atoms with Gasteiger partial charge >= 0.3 is 0 Å². The van der Waals surface area contributed by atoms with Gasteiger partial charge in [0.2, 0.25) is 5.91 Å². The van der Waals surface area contributed by atoms with E-state index in [-0.39, 0.29) is 11.6 Å². The van der Waals surface area contributed by atoms with Gasteiger partial charge in [-0.05, 0) is 24.5 Å². The van der Waals surface area contributed by atoms with Crippen LogP contribution in [0, 0.1) is 10.1 Å². The predicted molar refractivity (Wildman–Crippen MR) is 77.2 cm³/mol. The molecule has 0 saturated carbocycles. The van der Waals surface area contributed by atoms with Crippen LogP contribution in [0.1, 0.15) is 31.2 Å². The first-order valence-electron chi connectivity index (χ1n) is 6.88. The Balaban J connectivity index is 2.02. The Morgan fingerprint density at radius 3 is 2.55 bits per heavy atom. The number of amides is 1. The molecule has 0 radical (unpaired) electrons. The minimum absolute atomic E-state index is 0.0154. The second-order valence-electron chi connectivity index (χ2n) is 4.92.